The molecule has 0 spiro atoms. The number of hydrogen-bond donors (Lipinski definition) is 1. The van der Waals surface area contributed by atoms with Crippen LogP contribution in [-0.2, 0) is 0 Å². The molecule has 2 aromatic rings. The van der Waals surface area contributed by atoms with Crippen molar-refractivity contribution >= 4 is 5.78 Å². The summed E-state index contributed by atoms with van der Waals surface area (Å²) in [5.74, 6) is -1.42. The number of ketones is 1. The van der Waals surface area contributed by atoms with Crippen LogP contribution in [0.1, 0.15) is 27.7 Å². The summed E-state index contributed by atoms with van der Waals surface area (Å²) in [6, 6.07) is 9.72. The third-order valence-corrected chi connectivity index (χ3v) is 2.64. The van der Waals surface area contributed by atoms with Crippen LogP contribution in [0.2, 0.25) is 0 Å². The minimum atomic E-state index is -0.998. The van der Waals surface area contributed by atoms with Gasteiger partial charge in [-0.15, -0.1) is 0 Å². The molecule has 5 nitrogen and oxygen atoms in total. The van der Waals surface area contributed by atoms with E-state index in [9.17, 15) is 9.59 Å². The molecule has 0 saturated carbocycles. The van der Waals surface area contributed by atoms with E-state index in [0.717, 1.165) is 0 Å². The van der Waals surface area contributed by atoms with Gasteiger partial charge in [0, 0.05) is 23.5 Å². The van der Waals surface area contributed by atoms with Gasteiger partial charge in [0.25, 0.3) is 0 Å². The van der Waals surface area contributed by atoms with Crippen LogP contribution < -0.4 is 5.56 Å². The molecule has 0 unspecified atom stereocenters. The summed E-state index contributed by atoms with van der Waals surface area (Å²) in [6.45, 7) is 1.68. The van der Waals surface area contributed by atoms with Gasteiger partial charge in [-0.2, -0.15) is 5.26 Å². The molecular formula is C14H11N3O2. The quantitative estimate of drug-likeness (QED) is 0.841. The summed E-state index contributed by atoms with van der Waals surface area (Å²) in [4.78, 5) is 30.2. The third kappa shape index (κ3) is 2.75. The van der Waals surface area contributed by atoms with Crippen molar-refractivity contribution in [3.63, 3.8) is 0 Å². The van der Waals surface area contributed by atoms with E-state index in [-0.39, 0.29) is 11.1 Å². The first-order valence-corrected chi connectivity index (χ1v) is 5.67. The Kier molecular flexibility index (Phi) is 3.53. The second kappa shape index (κ2) is 5.27. The average molecular weight is 253 g/mol. The lowest BCUT2D eigenvalue weighted by atomic mass is 9.95. The number of aromatic amines is 1. The van der Waals surface area contributed by atoms with Crippen LogP contribution in [0.5, 0.6) is 0 Å². The number of nitrogens with one attached hydrogen (secondary N) is 1. The predicted molar refractivity (Wildman–Crippen MR) is 68.7 cm³/mol. The fourth-order valence-corrected chi connectivity index (χ4v) is 1.80. The maximum Gasteiger partial charge on any atom is 0.248 e. The number of carbonyl (C=O) groups is 1. The molecule has 2 aromatic heterocycles. The highest BCUT2D eigenvalue weighted by Crippen LogP contribution is 2.17. The molecule has 0 aromatic carbocycles. The molecule has 0 aliphatic carbocycles. The SMILES string of the molecule is Cc1cc(C(=O)[C@H](C#N)c2ccccn2)cc(=O)[nH]1. The second-order valence-electron chi connectivity index (χ2n) is 4.10. The number of Topliss-reactive ketones (excluding diaryl/α,β-unsaturated/α-hetero) is 1. The smallest absolute Gasteiger partial charge is 0.248 e. The number of carbonyl (C=O) groups excluding carboxylic acids is 1. The Morgan fingerprint density at radius 3 is 2.79 bits per heavy atom. The summed E-state index contributed by atoms with van der Waals surface area (Å²) in [5.41, 5.74) is 0.820. The van der Waals surface area contributed by atoms with E-state index in [2.05, 4.69) is 9.97 Å². The molecule has 1 N–H and O–H groups in total. The van der Waals surface area contributed by atoms with Gasteiger partial charge in [-0.3, -0.25) is 14.6 Å². The van der Waals surface area contributed by atoms with Crippen molar-refractivity contribution < 1.29 is 4.79 Å². The number of H-pyrrole nitrogens is 1. The summed E-state index contributed by atoms with van der Waals surface area (Å²) in [6.07, 6.45) is 1.52. The first-order chi connectivity index (χ1) is 9.11. The van der Waals surface area contributed by atoms with Crippen LogP contribution in [0, 0.1) is 18.3 Å². The third-order valence-electron chi connectivity index (χ3n) is 2.64. The Morgan fingerprint density at radius 2 is 2.21 bits per heavy atom. The van der Waals surface area contributed by atoms with Gasteiger partial charge < -0.3 is 4.98 Å². The van der Waals surface area contributed by atoms with E-state index in [4.69, 9.17) is 5.26 Å². The van der Waals surface area contributed by atoms with Crippen molar-refractivity contribution in [3.05, 3.63) is 63.8 Å². The van der Waals surface area contributed by atoms with Crippen LogP contribution in [0.15, 0.2) is 41.3 Å². The summed E-state index contributed by atoms with van der Waals surface area (Å²) in [5, 5.41) is 9.15. The summed E-state index contributed by atoms with van der Waals surface area (Å²) in [7, 11) is 0. The molecule has 1 atom stereocenters. The molecule has 94 valence electrons. The van der Waals surface area contributed by atoms with E-state index >= 15 is 0 Å². The topological polar surface area (TPSA) is 86.6 Å². The van der Waals surface area contributed by atoms with E-state index in [1.165, 1.54) is 12.3 Å². The normalized spacial score (nSPS) is 11.6. The van der Waals surface area contributed by atoms with Gasteiger partial charge in [-0.1, -0.05) is 6.07 Å². The number of rotatable bonds is 3. The minimum Gasteiger partial charge on any atom is -0.326 e. The number of aromatic nitrogens is 2. The lowest BCUT2D eigenvalue weighted by Gasteiger charge is -2.07. The zero-order valence-corrected chi connectivity index (χ0v) is 10.3. The molecule has 2 heterocycles. The van der Waals surface area contributed by atoms with Crippen LogP contribution in [0.25, 0.3) is 0 Å². The Labute approximate surface area is 109 Å². The molecule has 2 rings (SSSR count). The molecular weight excluding hydrogens is 242 g/mol. The van der Waals surface area contributed by atoms with E-state index in [1.54, 1.807) is 31.2 Å². The number of pyridine rings is 2. The Bertz CT molecular complexity index is 699. The van der Waals surface area contributed by atoms with Crippen molar-refractivity contribution in [2.45, 2.75) is 12.8 Å². The minimum absolute atomic E-state index is 0.221. The number of nitrogens with zero attached hydrogens (tertiary/aromatic N) is 2. The van der Waals surface area contributed by atoms with Gasteiger partial charge in [-0.25, -0.2) is 0 Å². The predicted octanol–water partition coefficient (Wildman–Crippen LogP) is 1.57. The largest absolute Gasteiger partial charge is 0.326 e. The standard InChI is InChI=1S/C14H11N3O2/c1-9-6-10(7-13(18)17-9)14(19)11(8-15)12-4-2-3-5-16-12/h2-7,11H,1H3,(H,17,18)/t11-/m1/s1. The Balaban J connectivity index is 2.43. The molecule has 0 radical (unpaired) electrons. The van der Waals surface area contributed by atoms with Gasteiger partial charge in [0.2, 0.25) is 5.56 Å². The van der Waals surface area contributed by atoms with E-state index in [1.807, 2.05) is 6.07 Å². The van der Waals surface area contributed by atoms with Crippen molar-refractivity contribution in [1.29, 1.82) is 5.26 Å². The molecule has 0 amide bonds. The first kappa shape index (κ1) is 12.7. The van der Waals surface area contributed by atoms with Crippen molar-refractivity contribution in [2.75, 3.05) is 0 Å². The monoisotopic (exact) mass is 253 g/mol. The van der Waals surface area contributed by atoms with Gasteiger partial charge >= 0.3 is 0 Å². The van der Waals surface area contributed by atoms with Crippen molar-refractivity contribution in [3.8, 4) is 6.07 Å². The van der Waals surface area contributed by atoms with Crippen molar-refractivity contribution in [2.24, 2.45) is 0 Å². The lowest BCUT2D eigenvalue weighted by molar-refractivity contribution is 0.0977. The summed E-state index contributed by atoms with van der Waals surface area (Å²) >= 11 is 0. The zero-order valence-electron chi connectivity index (χ0n) is 10.3. The number of aryl methyl sites for hydroxylation is 1. The van der Waals surface area contributed by atoms with Gasteiger partial charge in [0.1, 0.15) is 0 Å². The zero-order chi connectivity index (χ0) is 13.8. The molecule has 0 saturated heterocycles. The van der Waals surface area contributed by atoms with Gasteiger partial charge in [0.15, 0.2) is 11.7 Å². The van der Waals surface area contributed by atoms with E-state index < -0.39 is 11.7 Å². The molecule has 0 bridgehead atoms. The van der Waals surface area contributed by atoms with Gasteiger partial charge in [0.05, 0.1) is 11.8 Å². The molecule has 5 heteroatoms. The van der Waals surface area contributed by atoms with E-state index in [0.29, 0.717) is 11.4 Å². The number of hydrogen-bond acceptors (Lipinski definition) is 4. The maximum atomic E-state index is 12.3. The lowest BCUT2D eigenvalue weighted by Crippen LogP contribution is -2.16. The number of nitriles is 1. The van der Waals surface area contributed by atoms with Crippen LogP contribution in [0.4, 0.5) is 0 Å². The van der Waals surface area contributed by atoms with Crippen molar-refractivity contribution in [1.82, 2.24) is 9.97 Å². The second-order valence-corrected chi connectivity index (χ2v) is 4.10. The highest BCUT2D eigenvalue weighted by molar-refractivity contribution is 6.02. The molecule has 0 aliphatic rings. The Hall–Kier alpha value is -2.74. The highest BCUT2D eigenvalue weighted by Gasteiger charge is 2.23. The van der Waals surface area contributed by atoms with Crippen LogP contribution in [-0.4, -0.2) is 15.8 Å². The first-order valence-electron chi connectivity index (χ1n) is 5.67. The molecule has 19 heavy (non-hydrogen) atoms. The van der Waals surface area contributed by atoms with Crippen LogP contribution in [0.3, 0.4) is 0 Å². The summed E-state index contributed by atoms with van der Waals surface area (Å²) < 4.78 is 0. The maximum absolute atomic E-state index is 12.3. The van der Waals surface area contributed by atoms with Crippen LogP contribution >= 0.6 is 0 Å². The molecule has 0 fully saturated rings. The van der Waals surface area contributed by atoms with Gasteiger partial charge in [-0.05, 0) is 25.1 Å². The Morgan fingerprint density at radius 1 is 1.42 bits per heavy atom. The molecule has 0 aliphatic heterocycles. The average Bonchev–Trinajstić information content (AvgIpc) is 2.39. The fourth-order valence-electron chi connectivity index (χ4n) is 1.80. The highest BCUT2D eigenvalue weighted by atomic mass is 16.1. The fraction of sp³-hybridized carbons (Fsp3) is 0.143.